The fourth-order valence-corrected chi connectivity index (χ4v) is 3.03. The van der Waals surface area contributed by atoms with Gasteiger partial charge in [-0.1, -0.05) is 26.1 Å². The highest BCUT2D eigenvalue weighted by Gasteiger charge is 2.16. The van der Waals surface area contributed by atoms with Gasteiger partial charge in [-0.2, -0.15) is 8.42 Å². The molecule has 0 atom stereocenters. The second-order valence-electron chi connectivity index (χ2n) is 4.35. The lowest BCUT2D eigenvalue weighted by atomic mass is 10.5. The van der Waals surface area contributed by atoms with E-state index in [9.17, 15) is 8.42 Å². The minimum Gasteiger partial charge on any atom is -0.248 e. The Hall–Kier alpha value is -0.173. The molecule has 0 aromatic heterocycles. The number of rotatable bonds is 9. The maximum atomic E-state index is 11.1. The van der Waals surface area contributed by atoms with Crippen LogP contribution in [0.1, 0.15) is 19.8 Å². The first-order chi connectivity index (χ1) is 7.33. The van der Waals surface area contributed by atoms with Crippen LogP contribution in [0, 0.1) is 0 Å². The molecule has 0 aromatic carbocycles. The van der Waals surface area contributed by atoms with E-state index in [1.807, 2.05) is 12.6 Å². The summed E-state index contributed by atoms with van der Waals surface area (Å²) in [6.07, 6.45) is 1.37. The van der Waals surface area contributed by atoms with Crippen molar-refractivity contribution in [2.24, 2.45) is 0 Å². The van der Waals surface area contributed by atoms with Crippen molar-refractivity contribution in [1.29, 1.82) is 0 Å². The molecular formula is C10H22O4SSi. The Bertz CT molecular complexity index is 298. The molecule has 0 unspecified atom stereocenters. The Kier molecular flexibility index (Phi) is 7.13. The molecule has 0 radical (unpaired) electrons. The fourth-order valence-electron chi connectivity index (χ4n) is 1.01. The van der Waals surface area contributed by atoms with E-state index >= 15 is 0 Å². The Morgan fingerprint density at radius 2 is 1.81 bits per heavy atom. The summed E-state index contributed by atoms with van der Waals surface area (Å²) in [5, 5.41) is 0. The van der Waals surface area contributed by atoms with Crippen LogP contribution in [0.25, 0.3) is 0 Å². The lowest BCUT2D eigenvalue weighted by Gasteiger charge is -2.16. The largest absolute Gasteiger partial charge is 0.399 e. The molecule has 4 nitrogen and oxygen atoms in total. The van der Waals surface area contributed by atoms with Crippen molar-refractivity contribution in [2.75, 3.05) is 13.2 Å². The van der Waals surface area contributed by atoms with E-state index in [0.29, 0.717) is 6.42 Å². The summed E-state index contributed by atoms with van der Waals surface area (Å²) < 4.78 is 31.5. The van der Waals surface area contributed by atoms with Gasteiger partial charge in [0.25, 0.3) is 0 Å². The van der Waals surface area contributed by atoms with Crippen molar-refractivity contribution < 1.29 is 16.8 Å². The molecule has 0 N–H and O–H groups in total. The second-order valence-corrected chi connectivity index (χ2v) is 10.5. The van der Waals surface area contributed by atoms with E-state index in [0.717, 1.165) is 12.5 Å². The smallest absolute Gasteiger partial charge is 0.248 e. The second kappa shape index (κ2) is 7.21. The predicted octanol–water partition coefficient (Wildman–Crippen LogP) is 2.50. The minimum absolute atomic E-state index is 0.176. The summed E-state index contributed by atoms with van der Waals surface area (Å²) in [6, 6.07) is 0.972. The molecular weight excluding hydrogens is 244 g/mol. The normalized spacial score (nSPS) is 12.7. The quantitative estimate of drug-likeness (QED) is 0.475. The van der Waals surface area contributed by atoms with Crippen LogP contribution in [-0.2, 0) is 18.8 Å². The van der Waals surface area contributed by atoms with Crippen molar-refractivity contribution in [1.82, 2.24) is 0 Å². The molecule has 0 spiro atoms. The first-order valence-electron chi connectivity index (χ1n) is 5.50. The van der Waals surface area contributed by atoms with Gasteiger partial charge in [-0.15, -0.1) is 12.3 Å². The highest BCUT2D eigenvalue weighted by atomic mass is 32.3. The van der Waals surface area contributed by atoms with Gasteiger partial charge >= 0.3 is 10.4 Å². The molecule has 0 aromatic rings. The summed E-state index contributed by atoms with van der Waals surface area (Å²) in [7, 11) is -5.13. The number of hydrogen-bond donors (Lipinski definition) is 0. The van der Waals surface area contributed by atoms with Gasteiger partial charge in [0.1, 0.15) is 0 Å². The highest BCUT2D eigenvalue weighted by molar-refractivity contribution is 7.81. The Morgan fingerprint density at radius 3 is 2.31 bits per heavy atom. The van der Waals surface area contributed by atoms with Gasteiger partial charge in [0, 0.05) is 0 Å². The molecule has 0 aliphatic carbocycles. The van der Waals surface area contributed by atoms with Gasteiger partial charge < -0.3 is 0 Å². The maximum Gasteiger partial charge on any atom is 0.399 e. The van der Waals surface area contributed by atoms with Crippen molar-refractivity contribution in [2.45, 2.75) is 38.9 Å². The van der Waals surface area contributed by atoms with E-state index in [1.165, 1.54) is 0 Å². The monoisotopic (exact) mass is 266 g/mol. The van der Waals surface area contributed by atoms with Gasteiger partial charge in [-0.05, 0) is 12.8 Å². The minimum atomic E-state index is -3.78. The number of hydrogen-bond acceptors (Lipinski definition) is 4. The Morgan fingerprint density at radius 1 is 1.25 bits per heavy atom. The summed E-state index contributed by atoms with van der Waals surface area (Å²) in [4.78, 5) is 0. The van der Waals surface area contributed by atoms with Crippen molar-refractivity contribution in [3.8, 4) is 0 Å². The van der Waals surface area contributed by atoms with Gasteiger partial charge in [0.05, 0.1) is 21.3 Å². The Labute approximate surface area is 100.0 Å². The van der Waals surface area contributed by atoms with E-state index in [-0.39, 0.29) is 13.2 Å². The zero-order chi connectivity index (χ0) is 12.7. The lowest BCUT2D eigenvalue weighted by Crippen LogP contribution is -2.22. The summed E-state index contributed by atoms with van der Waals surface area (Å²) >= 11 is 0. The van der Waals surface area contributed by atoms with Crippen molar-refractivity contribution in [3.63, 3.8) is 0 Å². The van der Waals surface area contributed by atoms with Crippen LogP contribution in [0.3, 0.4) is 0 Å². The fraction of sp³-hybridized carbons (Fsp3) is 0.800. The molecule has 0 heterocycles. The van der Waals surface area contributed by atoms with Crippen LogP contribution in [0.15, 0.2) is 12.3 Å². The molecule has 0 aliphatic rings. The standard InChI is InChI=1S/C10H22O4SSi/c1-5-8-13-15(11,12)14-9-7-10-16(3,4)6-2/h6H,2,5,7-10H2,1,3-4H3. The first-order valence-corrected chi connectivity index (χ1v) is 10.1. The topological polar surface area (TPSA) is 52.6 Å². The molecule has 0 aliphatic heterocycles. The molecule has 0 saturated carbocycles. The van der Waals surface area contributed by atoms with Gasteiger partial charge in [0.15, 0.2) is 0 Å². The van der Waals surface area contributed by atoms with Gasteiger partial charge in [-0.25, -0.2) is 8.37 Å². The van der Waals surface area contributed by atoms with Crippen molar-refractivity contribution >= 4 is 18.5 Å². The zero-order valence-corrected chi connectivity index (χ0v) is 12.2. The molecule has 0 fully saturated rings. The van der Waals surface area contributed by atoms with E-state index in [4.69, 9.17) is 4.18 Å². The third-order valence-corrected chi connectivity index (χ3v) is 5.84. The molecule has 0 saturated heterocycles. The van der Waals surface area contributed by atoms with Crippen LogP contribution >= 0.6 is 0 Å². The average Bonchev–Trinajstić information content (AvgIpc) is 2.22. The lowest BCUT2D eigenvalue weighted by molar-refractivity contribution is 0.215. The molecule has 0 rings (SSSR count). The molecule has 6 heteroatoms. The summed E-state index contributed by atoms with van der Waals surface area (Å²) in [5.41, 5.74) is 2.00. The highest BCUT2D eigenvalue weighted by Crippen LogP contribution is 2.13. The van der Waals surface area contributed by atoms with Crippen LogP contribution < -0.4 is 0 Å². The van der Waals surface area contributed by atoms with Crippen LogP contribution in [-0.4, -0.2) is 29.7 Å². The SMILES string of the molecule is C=C[Si](C)(C)CCCOS(=O)(=O)OCCC. The molecule has 0 bridgehead atoms. The third kappa shape index (κ3) is 8.03. The Balaban J connectivity index is 3.78. The van der Waals surface area contributed by atoms with Crippen molar-refractivity contribution in [3.05, 3.63) is 12.3 Å². The molecule has 16 heavy (non-hydrogen) atoms. The predicted molar refractivity (Wildman–Crippen MR) is 68.2 cm³/mol. The van der Waals surface area contributed by atoms with E-state index < -0.39 is 18.5 Å². The summed E-state index contributed by atoms with van der Waals surface area (Å²) in [5.74, 6) is 0. The zero-order valence-electron chi connectivity index (χ0n) is 10.4. The third-order valence-electron chi connectivity index (χ3n) is 2.18. The van der Waals surface area contributed by atoms with Gasteiger partial charge in [-0.3, -0.25) is 0 Å². The average molecular weight is 266 g/mol. The van der Waals surface area contributed by atoms with E-state index in [1.54, 1.807) is 0 Å². The van der Waals surface area contributed by atoms with Crippen LogP contribution in [0.2, 0.25) is 19.1 Å². The van der Waals surface area contributed by atoms with Crippen LogP contribution in [0.4, 0.5) is 0 Å². The van der Waals surface area contributed by atoms with E-state index in [2.05, 4.69) is 23.9 Å². The molecule has 96 valence electrons. The maximum absolute atomic E-state index is 11.1. The van der Waals surface area contributed by atoms with Crippen LogP contribution in [0.5, 0.6) is 0 Å². The molecule has 0 amide bonds. The summed E-state index contributed by atoms with van der Waals surface area (Å²) in [6.45, 7) is 10.4. The first kappa shape index (κ1) is 15.8. The van der Waals surface area contributed by atoms with Gasteiger partial charge in [0.2, 0.25) is 0 Å².